The van der Waals surface area contributed by atoms with E-state index in [1.807, 2.05) is 53.2 Å². The van der Waals surface area contributed by atoms with Crippen LogP contribution in [-0.2, 0) is 33.7 Å². The lowest BCUT2D eigenvalue weighted by Crippen LogP contribution is -2.51. The second kappa shape index (κ2) is 17.4. The molecular weight excluding hydrogens is 715 g/mol. The number of rotatable bonds is 15. The van der Waals surface area contributed by atoms with Gasteiger partial charge >= 0.3 is 5.97 Å². The van der Waals surface area contributed by atoms with Gasteiger partial charge in [-0.2, -0.15) is 20.2 Å². The molecule has 2 saturated heterocycles. The molecule has 0 bridgehead atoms. The number of methoxy groups -OCH3 is 1. The first kappa shape index (κ1) is 38.0. The largest absolute Gasteiger partial charge is 0.497 e. The van der Waals surface area contributed by atoms with Crippen molar-refractivity contribution in [3.63, 3.8) is 0 Å². The number of aromatic amines is 1. The number of carboxylic acids is 1. The number of ether oxygens (including phenoxy) is 2. The van der Waals surface area contributed by atoms with Gasteiger partial charge in [0.2, 0.25) is 17.8 Å². The molecule has 3 aromatic carbocycles. The predicted octanol–water partition coefficient (Wildman–Crippen LogP) is 3.98. The molecule has 0 spiro atoms. The number of anilines is 4. The van der Waals surface area contributed by atoms with Gasteiger partial charge in [-0.05, 0) is 60.4 Å². The molecule has 4 N–H and O–H groups in total. The van der Waals surface area contributed by atoms with Gasteiger partial charge in [-0.3, -0.25) is 9.69 Å². The third-order valence-corrected chi connectivity index (χ3v) is 9.99. The number of nitriles is 1. The highest BCUT2D eigenvalue weighted by Crippen LogP contribution is 2.23. The van der Waals surface area contributed by atoms with E-state index in [1.54, 1.807) is 31.4 Å². The fourth-order valence-electron chi connectivity index (χ4n) is 6.86. The zero-order valence-electron chi connectivity index (χ0n) is 31.4. The molecule has 16 nitrogen and oxygen atoms in total. The second-order valence-corrected chi connectivity index (χ2v) is 14.0. The standard InChI is InChI=1S/C40H45N11O5/c1-49(15-14-35-43-31-13-12-30(55-2)23-32(31)44-35)40-47-38(46-39(48-40)45-33(37(53)54)22-26-8-10-27(24-41)11-9-26)42-29-6-3-5-28(21-29)25-50-16-18-51(19-17-50)36(52)34-7-4-20-56-34/h3,5-6,8-13,21,23,33-34H,4,7,14-20,22,25H2,1-2H3,(H,43,44)(H,53,54)(H2,42,45,46,47,48). The topological polar surface area (TPSA) is 198 Å². The van der Waals surface area contributed by atoms with Crippen molar-refractivity contribution in [1.29, 1.82) is 5.26 Å². The summed E-state index contributed by atoms with van der Waals surface area (Å²) in [7, 11) is 3.48. The van der Waals surface area contributed by atoms with Crippen molar-refractivity contribution in [2.75, 3.05) is 69.0 Å². The maximum Gasteiger partial charge on any atom is 0.326 e. The van der Waals surface area contributed by atoms with E-state index < -0.39 is 12.0 Å². The number of benzene rings is 3. The maximum absolute atomic E-state index is 12.8. The number of nitrogens with one attached hydrogen (secondary N) is 3. The van der Waals surface area contributed by atoms with Crippen LogP contribution in [0.1, 0.15) is 35.4 Å². The van der Waals surface area contributed by atoms with Crippen LogP contribution in [0, 0.1) is 11.3 Å². The van der Waals surface area contributed by atoms with Gasteiger partial charge in [-0.1, -0.05) is 24.3 Å². The zero-order chi connectivity index (χ0) is 39.0. The van der Waals surface area contributed by atoms with Crippen LogP contribution < -0.4 is 20.3 Å². The first-order chi connectivity index (χ1) is 27.2. The Morgan fingerprint density at radius 2 is 1.84 bits per heavy atom. The molecule has 2 fully saturated rings. The Labute approximate surface area is 324 Å². The molecule has 2 atom stereocenters. The van der Waals surface area contributed by atoms with E-state index in [9.17, 15) is 20.0 Å². The van der Waals surface area contributed by atoms with Crippen LogP contribution >= 0.6 is 0 Å². The van der Waals surface area contributed by atoms with E-state index >= 15 is 0 Å². The fraction of sp³-hybridized carbons (Fsp3) is 0.375. The lowest BCUT2D eigenvalue weighted by atomic mass is 10.0. The molecular formula is C40H45N11O5. The van der Waals surface area contributed by atoms with E-state index in [0.29, 0.717) is 50.7 Å². The minimum Gasteiger partial charge on any atom is -0.497 e. The van der Waals surface area contributed by atoms with Gasteiger partial charge in [0.25, 0.3) is 5.91 Å². The van der Waals surface area contributed by atoms with Crippen LogP contribution in [0.5, 0.6) is 5.75 Å². The molecule has 2 aliphatic rings. The Morgan fingerprint density at radius 1 is 1.04 bits per heavy atom. The Morgan fingerprint density at radius 3 is 2.57 bits per heavy atom. The van der Waals surface area contributed by atoms with Crippen molar-refractivity contribution in [3.05, 3.63) is 89.2 Å². The number of carbonyl (C=O) groups excluding carboxylic acids is 1. The number of hydrogen-bond donors (Lipinski definition) is 4. The van der Waals surface area contributed by atoms with Crippen LogP contribution in [0.25, 0.3) is 11.0 Å². The van der Waals surface area contributed by atoms with Crippen LogP contribution in [-0.4, -0.2) is 117 Å². The molecule has 290 valence electrons. The molecule has 1 amide bonds. The van der Waals surface area contributed by atoms with Crippen molar-refractivity contribution in [2.45, 2.75) is 44.4 Å². The highest BCUT2D eigenvalue weighted by atomic mass is 16.5. The molecule has 0 aliphatic carbocycles. The number of aromatic nitrogens is 5. The SMILES string of the molecule is COc1ccc2nc(CCN(C)c3nc(Nc4cccc(CN5CCN(C(=O)C6CCCO6)CC5)c4)nc(NC(Cc4ccc(C#N)cc4)C(=O)O)n3)[nH]c2c1. The summed E-state index contributed by atoms with van der Waals surface area (Å²) in [6.07, 6.45) is 2.13. The minimum absolute atomic E-state index is 0.0906. The Balaban J connectivity index is 1.07. The summed E-state index contributed by atoms with van der Waals surface area (Å²) < 4.78 is 11.0. The highest BCUT2D eigenvalue weighted by Gasteiger charge is 2.30. The number of nitrogens with zero attached hydrogens (tertiary/aromatic N) is 8. The summed E-state index contributed by atoms with van der Waals surface area (Å²) in [5, 5.41) is 25.7. The van der Waals surface area contributed by atoms with Gasteiger partial charge in [0, 0.05) is 77.5 Å². The third-order valence-electron chi connectivity index (χ3n) is 9.99. The number of carbonyl (C=O) groups is 2. The van der Waals surface area contributed by atoms with Crippen LogP contribution in [0.4, 0.5) is 23.5 Å². The van der Waals surface area contributed by atoms with Crippen molar-refractivity contribution in [3.8, 4) is 11.8 Å². The third kappa shape index (κ3) is 9.49. The van der Waals surface area contributed by atoms with Gasteiger partial charge in [-0.25, -0.2) is 9.78 Å². The zero-order valence-corrected chi connectivity index (χ0v) is 31.4. The van der Waals surface area contributed by atoms with Gasteiger partial charge in [0.15, 0.2) is 0 Å². The monoisotopic (exact) mass is 759 g/mol. The molecule has 2 aromatic heterocycles. The van der Waals surface area contributed by atoms with E-state index in [4.69, 9.17) is 19.4 Å². The lowest BCUT2D eigenvalue weighted by Gasteiger charge is -2.35. The number of aliphatic carboxylic acids is 1. The molecule has 7 rings (SSSR count). The van der Waals surface area contributed by atoms with Gasteiger partial charge in [0.05, 0.1) is 29.8 Å². The lowest BCUT2D eigenvalue weighted by molar-refractivity contribution is -0.142. The molecule has 0 radical (unpaired) electrons. The van der Waals surface area contributed by atoms with Crippen LogP contribution in [0.3, 0.4) is 0 Å². The molecule has 5 aromatic rings. The number of H-pyrrole nitrogens is 1. The number of piperazine rings is 1. The molecule has 2 aliphatic heterocycles. The normalized spacial score (nSPS) is 16.3. The van der Waals surface area contributed by atoms with E-state index in [0.717, 1.165) is 65.4 Å². The summed E-state index contributed by atoms with van der Waals surface area (Å²) >= 11 is 0. The Hall–Kier alpha value is -6.31. The average molecular weight is 760 g/mol. The summed E-state index contributed by atoms with van der Waals surface area (Å²) in [5.74, 6) is 1.20. The van der Waals surface area contributed by atoms with Gasteiger partial charge in [0.1, 0.15) is 23.7 Å². The molecule has 4 heterocycles. The average Bonchev–Trinajstić information content (AvgIpc) is 3.90. The quantitative estimate of drug-likeness (QED) is 0.120. The van der Waals surface area contributed by atoms with Crippen molar-refractivity contribution in [1.82, 2.24) is 34.7 Å². The fourth-order valence-corrected chi connectivity index (χ4v) is 6.86. The Bertz CT molecular complexity index is 2190. The van der Waals surface area contributed by atoms with E-state index in [2.05, 4.69) is 42.6 Å². The molecule has 16 heteroatoms. The Kier molecular flexibility index (Phi) is 11.8. The molecule has 0 saturated carbocycles. The summed E-state index contributed by atoms with van der Waals surface area (Å²) in [4.78, 5) is 53.4. The first-order valence-electron chi connectivity index (χ1n) is 18.7. The molecule has 56 heavy (non-hydrogen) atoms. The number of likely N-dealkylation sites (N-methyl/N-ethyl adjacent to an activating group) is 1. The highest BCUT2D eigenvalue weighted by molar-refractivity contribution is 5.81. The summed E-state index contributed by atoms with van der Waals surface area (Å²) in [6.45, 7) is 4.73. The maximum atomic E-state index is 12.8. The van der Waals surface area contributed by atoms with E-state index in [-0.39, 0.29) is 30.3 Å². The minimum atomic E-state index is -1.08. The number of carboxylic acid groups (broad SMARTS) is 1. The number of amides is 1. The van der Waals surface area contributed by atoms with E-state index in [1.165, 1.54) is 0 Å². The predicted molar refractivity (Wildman–Crippen MR) is 210 cm³/mol. The number of hydrogen-bond acceptors (Lipinski definition) is 13. The van der Waals surface area contributed by atoms with Crippen LogP contribution in [0.2, 0.25) is 0 Å². The number of fused-ring (bicyclic) bond motifs is 1. The van der Waals surface area contributed by atoms with Gasteiger partial charge in [-0.15, -0.1) is 0 Å². The molecule has 2 unspecified atom stereocenters. The number of imidazole rings is 1. The summed E-state index contributed by atoms with van der Waals surface area (Å²) in [5.41, 5.74) is 4.77. The van der Waals surface area contributed by atoms with Crippen LogP contribution in [0.15, 0.2) is 66.7 Å². The first-order valence-corrected chi connectivity index (χ1v) is 18.7. The summed E-state index contributed by atoms with van der Waals surface area (Å²) in [6, 6.07) is 21.5. The van der Waals surface area contributed by atoms with Crippen molar-refractivity contribution in [2.24, 2.45) is 0 Å². The smallest absolute Gasteiger partial charge is 0.326 e. The van der Waals surface area contributed by atoms with Gasteiger partial charge < -0.3 is 40.0 Å². The second-order valence-electron chi connectivity index (χ2n) is 14.0. The van der Waals surface area contributed by atoms with Crippen molar-refractivity contribution >= 4 is 46.4 Å². The van der Waals surface area contributed by atoms with Crippen molar-refractivity contribution < 1.29 is 24.2 Å².